The molecule has 1 saturated carbocycles. The van der Waals surface area contributed by atoms with E-state index in [-0.39, 0.29) is 11.7 Å². The maximum Gasteiger partial charge on any atom is 0.269 e. The van der Waals surface area contributed by atoms with Crippen molar-refractivity contribution in [1.82, 2.24) is 18.8 Å². The second-order valence-corrected chi connectivity index (χ2v) is 16.2. The molecule has 3 aromatic heterocycles. The van der Waals surface area contributed by atoms with E-state index in [0.717, 1.165) is 71.9 Å². The summed E-state index contributed by atoms with van der Waals surface area (Å²) in [7, 11) is 1.85. The lowest BCUT2D eigenvalue weighted by Crippen LogP contribution is -2.41. The number of hydrogen-bond donors (Lipinski definition) is 0. The van der Waals surface area contributed by atoms with E-state index >= 15 is 0 Å². The van der Waals surface area contributed by atoms with E-state index in [4.69, 9.17) is 26.1 Å². The molecule has 0 spiro atoms. The normalized spacial score (nSPS) is 16.9. The van der Waals surface area contributed by atoms with E-state index in [9.17, 15) is 8.42 Å². The van der Waals surface area contributed by atoms with E-state index in [2.05, 4.69) is 41.0 Å². The van der Waals surface area contributed by atoms with E-state index in [0.29, 0.717) is 33.4 Å². The van der Waals surface area contributed by atoms with Crippen LogP contribution in [0.25, 0.3) is 32.7 Å². The van der Waals surface area contributed by atoms with E-state index in [1.807, 2.05) is 37.3 Å². The molecule has 2 aromatic carbocycles. The number of ether oxygens (including phenoxy) is 2. The molecule has 9 nitrogen and oxygen atoms in total. The van der Waals surface area contributed by atoms with Gasteiger partial charge in [0, 0.05) is 55.3 Å². The molecule has 0 bridgehead atoms. The summed E-state index contributed by atoms with van der Waals surface area (Å²) >= 11 is 8.40. The molecule has 1 saturated heterocycles. The minimum absolute atomic E-state index is 0.186. The summed E-state index contributed by atoms with van der Waals surface area (Å²) in [6, 6.07) is 17.6. The van der Waals surface area contributed by atoms with Gasteiger partial charge in [-0.3, -0.25) is 0 Å². The van der Waals surface area contributed by atoms with Gasteiger partial charge < -0.3 is 19.3 Å². The Morgan fingerprint density at radius 2 is 1.73 bits per heavy atom. The molecule has 2 aliphatic rings. The first-order valence-corrected chi connectivity index (χ1v) is 18.9. The third-order valence-electron chi connectivity index (χ3n) is 9.78. The molecule has 0 radical (unpaired) electrons. The number of methoxy groups -OCH3 is 1. The zero-order valence-electron chi connectivity index (χ0n) is 27.6. The van der Waals surface area contributed by atoms with Gasteiger partial charge in [0.1, 0.15) is 17.4 Å². The number of hydrogen-bond acceptors (Lipinski definition) is 9. The van der Waals surface area contributed by atoms with E-state index < -0.39 is 15.6 Å². The van der Waals surface area contributed by atoms with Crippen molar-refractivity contribution in [3.63, 3.8) is 0 Å². The van der Waals surface area contributed by atoms with Crippen LogP contribution in [0.1, 0.15) is 42.7 Å². The van der Waals surface area contributed by atoms with E-state index in [1.54, 1.807) is 25.4 Å². The smallest absolute Gasteiger partial charge is 0.269 e. The Hall–Kier alpha value is -3.32. The van der Waals surface area contributed by atoms with Gasteiger partial charge in [-0.2, -0.15) is 0 Å². The van der Waals surface area contributed by atoms with Crippen LogP contribution < -0.4 is 4.90 Å². The first-order chi connectivity index (χ1) is 23.1. The Balaban J connectivity index is 1.34. The number of pyridine rings is 1. The van der Waals surface area contributed by atoms with Gasteiger partial charge in [0.25, 0.3) is 10.0 Å². The van der Waals surface area contributed by atoms with Crippen LogP contribution in [0.2, 0.25) is 5.02 Å². The molecule has 0 N–H and O–H groups in total. The average molecular weight is 706 g/mol. The number of fused-ring (bicyclic) bond motifs is 1. The average Bonchev–Trinajstić information content (AvgIpc) is 3.71. The quantitative estimate of drug-likeness (QED) is 0.138. The van der Waals surface area contributed by atoms with Crippen molar-refractivity contribution >= 4 is 49.7 Å². The van der Waals surface area contributed by atoms with Gasteiger partial charge in [0.15, 0.2) is 5.65 Å². The van der Waals surface area contributed by atoms with Gasteiger partial charge in [-0.15, -0.1) is 11.3 Å². The maximum atomic E-state index is 14.5. The van der Waals surface area contributed by atoms with Crippen LogP contribution in [-0.4, -0.2) is 74.4 Å². The SMILES string of the molecule is COCOC1(c2ncc(-c3c(Cl)cnc4c3cc(-c3ccc(N5CCC(N(C)C)CC5)cc3)n4S(=O)(=O)c3ccc(C)cc3)s2)CCC1. The molecule has 0 atom stereocenters. The number of benzene rings is 2. The first-order valence-electron chi connectivity index (χ1n) is 16.2. The summed E-state index contributed by atoms with van der Waals surface area (Å²) in [6.07, 6.45) is 8.32. The summed E-state index contributed by atoms with van der Waals surface area (Å²) in [6.45, 7) is 4.07. The highest BCUT2D eigenvalue weighted by molar-refractivity contribution is 7.90. The number of nitrogens with zero attached hydrogens (tertiary/aromatic N) is 5. The van der Waals surface area contributed by atoms with Crippen molar-refractivity contribution < 1.29 is 17.9 Å². The molecule has 5 aromatic rings. The lowest BCUT2D eigenvalue weighted by molar-refractivity contribution is -0.171. The number of piperidine rings is 1. The van der Waals surface area contributed by atoms with Gasteiger partial charge in [-0.25, -0.2) is 22.4 Å². The molecule has 0 unspecified atom stereocenters. The summed E-state index contributed by atoms with van der Waals surface area (Å²) in [5.74, 6) is 0. The van der Waals surface area contributed by atoms with Crippen molar-refractivity contribution in [3.8, 4) is 21.7 Å². The molecular formula is C36H40ClN5O4S2. The Kier molecular flexibility index (Phi) is 9.12. The largest absolute Gasteiger partial charge is 0.371 e. The minimum Gasteiger partial charge on any atom is -0.371 e. The van der Waals surface area contributed by atoms with Crippen LogP contribution in [0, 0.1) is 6.92 Å². The Morgan fingerprint density at radius 3 is 2.35 bits per heavy atom. The maximum absolute atomic E-state index is 14.5. The number of halogens is 1. The molecule has 0 amide bonds. The summed E-state index contributed by atoms with van der Waals surface area (Å²) in [5.41, 5.74) is 3.91. The Labute approximate surface area is 291 Å². The third-order valence-corrected chi connectivity index (χ3v) is 13.0. The fourth-order valence-electron chi connectivity index (χ4n) is 6.78. The van der Waals surface area contributed by atoms with Crippen LogP contribution in [-0.2, 0) is 25.1 Å². The van der Waals surface area contributed by atoms with Crippen LogP contribution in [0.4, 0.5) is 5.69 Å². The lowest BCUT2D eigenvalue weighted by atomic mass is 9.80. The summed E-state index contributed by atoms with van der Waals surface area (Å²) < 4.78 is 41.6. The Morgan fingerprint density at radius 1 is 1.02 bits per heavy atom. The van der Waals surface area contributed by atoms with Crippen LogP contribution in [0.15, 0.2) is 71.9 Å². The van der Waals surface area contributed by atoms with Crippen LogP contribution >= 0.6 is 22.9 Å². The lowest BCUT2D eigenvalue weighted by Gasteiger charge is -2.39. The molecule has 4 heterocycles. The number of aryl methyl sites for hydroxylation is 1. The molecule has 12 heteroatoms. The molecule has 48 heavy (non-hydrogen) atoms. The van der Waals surface area contributed by atoms with Crippen LogP contribution in [0.5, 0.6) is 0 Å². The summed E-state index contributed by atoms with van der Waals surface area (Å²) in [5, 5.41) is 1.92. The van der Waals surface area contributed by atoms with E-state index in [1.165, 1.54) is 21.5 Å². The van der Waals surface area contributed by atoms with Crippen molar-refractivity contribution in [2.75, 3.05) is 46.0 Å². The third kappa shape index (κ3) is 5.94. The fraction of sp³-hybridized carbons (Fsp3) is 0.389. The minimum atomic E-state index is -4.05. The molecule has 1 aliphatic carbocycles. The molecule has 7 rings (SSSR count). The predicted octanol–water partition coefficient (Wildman–Crippen LogP) is 7.56. The molecule has 2 fully saturated rings. The topological polar surface area (TPSA) is 89.8 Å². The standard InChI is InChI=1S/C36H40ClN5O4S2/c1-24-6-12-28(13-7-24)48(43,44)42-31(25-8-10-27(11-9-25)41-18-14-26(15-19-41)40(2)3)20-29-33(30(37)21-38-34(29)42)32-22-39-35(47-32)36(16-5-17-36)46-23-45-4/h6-13,20-22,26H,5,14-19,23H2,1-4H3. The summed E-state index contributed by atoms with van der Waals surface area (Å²) in [4.78, 5) is 15.1. The second-order valence-electron chi connectivity index (χ2n) is 13.0. The monoisotopic (exact) mass is 705 g/mol. The predicted molar refractivity (Wildman–Crippen MR) is 192 cm³/mol. The van der Waals surface area contributed by atoms with Gasteiger partial charge in [0.05, 0.1) is 20.5 Å². The zero-order chi connectivity index (χ0) is 33.6. The number of thiazole rings is 1. The fourth-order valence-corrected chi connectivity index (χ4v) is 9.76. The van der Waals surface area contributed by atoms with Gasteiger partial charge in [0.2, 0.25) is 0 Å². The molecule has 252 valence electrons. The van der Waals surface area contributed by atoms with Crippen LogP contribution in [0.3, 0.4) is 0 Å². The van der Waals surface area contributed by atoms with Crippen molar-refractivity contribution in [3.05, 3.63) is 82.6 Å². The first kappa shape index (κ1) is 33.2. The van der Waals surface area contributed by atoms with Gasteiger partial charge >= 0.3 is 0 Å². The zero-order valence-corrected chi connectivity index (χ0v) is 30.0. The van der Waals surface area contributed by atoms with Crippen molar-refractivity contribution in [2.45, 2.75) is 55.6 Å². The van der Waals surface area contributed by atoms with Crippen molar-refractivity contribution in [1.29, 1.82) is 0 Å². The second kappa shape index (κ2) is 13.2. The molecule has 1 aliphatic heterocycles. The van der Waals surface area contributed by atoms with Gasteiger partial charge in [-0.05, 0) is 89.0 Å². The Bertz CT molecular complexity index is 2030. The molecular weight excluding hydrogens is 666 g/mol. The number of rotatable bonds is 10. The highest BCUT2D eigenvalue weighted by Gasteiger charge is 2.43. The van der Waals surface area contributed by atoms with Crippen molar-refractivity contribution in [2.24, 2.45) is 0 Å². The number of anilines is 1. The highest BCUT2D eigenvalue weighted by Crippen LogP contribution is 2.49. The highest BCUT2D eigenvalue weighted by atomic mass is 35.5. The number of aromatic nitrogens is 3. The van der Waals surface area contributed by atoms with Gasteiger partial charge in [-0.1, -0.05) is 41.4 Å².